The molecule has 0 unspecified atom stereocenters. The van der Waals surface area contributed by atoms with Crippen molar-refractivity contribution in [2.75, 3.05) is 19.7 Å². The second-order valence-corrected chi connectivity index (χ2v) is 5.10. The van der Waals surface area contributed by atoms with Gasteiger partial charge in [0.05, 0.1) is 12.2 Å². The molecule has 0 atom stereocenters. The maximum absolute atomic E-state index is 5.80. The molecule has 0 bridgehead atoms. The second-order valence-electron chi connectivity index (χ2n) is 5.10. The highest BCUT2D eigenvalue weighted by molar-refractivity contribution is 5.77. The van der Waals surface area contributed by atoms with Gasteiger partial charge in [-0.1, -0.05) is 20.4 Å². The van der Waals surface area contributed by atoms with Crippen LogP contribution in [0.5, 0.6) is 0 Å². The molecule has 0 aromatic rings. The molecule has 1 rings (SSSR count). The Balaban J connectivity index is 0.00000154. The number of aliphatic imine (C=N–C) groups is 1. The lowest BCUT2D eigenvalue weighted by Gasteiger charge is -2.23. The summed E-state index contributed by atoms with van der Waals surface area (Å²) in [6.45, 7) is 18.7. The molecule has 1 aliphatic heterocycles. The van der Waals surface area contributed by atoms with Crippen molar-refractivity contribution in [3.63, 3.8) is 0 Å². The summed E-state index contributed by atoms with van der Waals surface area (Å²) < 4.78 is 5.80. The first-order valence-electron chi connectivity index (χ1n) is 7.19. The van der Waals surface area contributed by atoms with E-state index in [4.69, 9.17) is 4.74 Å². The van der Waals surface area contributed by atoms with Crippen molar-refractivity contribution in [3.8, 4) is 0 Å². The maximum atomic E-state index is 5.80. The molecule has 3 nitrogen and oxygen atoms in total. The summed E-state index contributed by atoms with van der Waals surface area (Å²) in [5.74, 6) is 1.01. The van der Waals surface area contributed by atoms with Gasteiger partial charge < -0.3 is 9.64 Å². The summed E-state index contributed by atoms with van der Waals surface area (Å²) in [7, 11) is 0. The fraction of sp³-hybridized carbons (Fsp3) is 0.688. The molecule has 0 radical (unpaired) electrons. The van der Waals surface area contributed by atoms with E-state index in [-0.39, 0.29) is 5.60 Å². The van der Waals surface area contributed by atoms with Gasteiger partial charge in [-0.25, -0.2) is 4.99 Å². The summed E-state index contributed by atoms with van der Waals surface area (Å²) in [6, 6.07) is 0. The Morgan fingerprint density at radius 3 is 2.47 bits per heavy atom. The molecule has 0 aromatic carbocycles. The molecule has 1 saturated heterocycles. The quantitative estimate of drug-likeness (QED) is 0.721. The van der Waals surface area contributed by atoms with E-state index in [1.54, 1.807) is 0 Å². The molecule has 0 N–H and O–H groups in total. The van der Waals surface area contributed by atoms with E-state index in [9.17, 15) is 0 Å². The van der Waals surface area contributed by atoms with Crippen LogP contribution in [0.15, 0.2) is 29.0 Å². The van der Waals surface area contributed by atoms with Crippen molar-refractivity contribution in [2.45, 2.75) is 53.6 Å². The lowest BCUT2D eigenvalue weighted by molar-refractivity contribution is -0.00839. The third kappa shape index (κ3) is 7.16. The third-order valence-corrected chi connectivity index (χ3v) is 2.84. The molecule has 3 heteroatoms. The molecule has 0 spiro atoms. The second kappa shape index (κ2) is 8.92. The Morgan fingerprint density at radius 2 is 1.95 bits per heavy atom. The monoisotopic (exact) mass is 266 g/mol. The highest BCUT2D eigenvalue weighted by Crippen LogP contribution is 2.20. The number of nitrogens with zero attached hydrogens (tertiary/aromatic N) is 2. The number of allylic oxidation sites excluding steroid dienone is 2. The van der Waals surface area contributed by atoms with Crippen molar-refractivity contribution in [1.82, 2.24) is 4.90 Å². The van der Waals surface area contributed by atoms with Gasteiger partial charge in [-0.3, -0.25) is 0 Å². The van der Waals surface area contributed by atoms with Crippen molar-refractivity contribution >= 4 is 6.21 Å². The van der Waals surface area contributed by atoms with E-state index in [0.29, 0.717) is 0 Å². The molecule has 0 aromatic heterocycles. The summed E-state index contributed by atoms with van der Waals surface area (Å²) in [6.07, 6.45) is 4.87. The smallest absolute Gasteiger partial charge is 0.124 e. The van der Waals surface area contributed by atoms with E-state index in [0.717, 1.165) is 37.5 Å². The van der Waals surface area contributed by atoms with Gasteiger partial charge in [0.25, 0.3) is 0 Å². The molecular formula is C16H30N2O. The number of hydrogen-bond acceptors (Lipinski definition) is 3. The Hall–Kier alpha value is -1.09. The summed E-state index contributed by atoms with van der Waals surface area (Å²) in [5, 5.41) is 0. The third-order valence-electron chi connectivity index (χ3n) is 2.84. The summed E-state index contributed by atoms with van der Waals surface area (Å²) in [5.41, 5.74) is 0.946. The number of rotatable bonds is 3. The number of ether oxygens (including phenoxy) is 1. The van der Waals surface area contributed by atoms with E-state index in [1.807, 2.05) is 40.0 Å². The van der Waals surface area contributed by atoms with Crippen LogP contribution in [0.1, 0.15) is 48.0 Å². The topological polar surface area (TPSA) is 24.8 Å². The van der Waals surface area contributed by atoms with Gasteiger partial charge in [-0.2, -0.15) is 0 Å². The van der Waals surface area contributed by atoms with E-state index in [1.165, 1.54) is 0 Å². The Kier molecular flexibility index (Phi) is 8.41. The number of hydrogen-bond donors (Lipinski definition) is 0. The average Bonchev–Trinajstić information content (AvgIpc) is 2.54. The van der Waals surface area contributed by atoms with Crippen LogP contribution < -0.4 is 0 Å². The van der Waals surface area contributed by atoms with Crippen LogP contribution in [0.2, 0.25) is 0 Å². The standard InChI is InChI=1S/C14H24N2O.C2H6/c1-6-13(15-11-12(2)3)16-8-7-14(4,5)17-10-9-16;1-2/h6,11H,2,7-10H2,1,3-5H3;1-2H3/b13-6+,15-11-;. The molecule has 1 fully saturated rings. The molecule has 1 aliphatic rings. The zero-order valence-electron chi connectivity index (χ0n) is 13.5. The van der Waals surface area contributed by atoms with Gasteiger partial charge in [0.15, 0.2) is 0 Å². The Labute approximate surface area is 119 Å². The highest BCUT2D eigenvalue weighted by atomic mass is 16.5. The normalized spacial score (nSPS) is 19.7. The van der Waals surface area contributed by atoms with Crippen LogP contribution in [-0.2, 0) is 4.74 Å². The SMILES string of the molecule is C=C(C)/C=N\C(=C/C)N1CCOC(C)(C)CC1.CC. The lowest BCUT2D eigenvalue weighted by Crippen LogP contribution is -2.26. The minimum Gasteiger partial charge on any atom is -0.374 e. The van der Waals surface area contributed by atoms with Gasteiger partial charge in [0.2, 0.25) is 0 Å². The first-order chi connectivity index (χ1) is 8.94. The van der Waals surface area contributed by atoms with Gasteiger partial charge >= 0.3 is 0 Å². The van der Waals surface area contributed by atoms with Crippen LogP contribution in [0.25, 0.3) is 0 Å². The fourth-order valence-corrected chi connectivity index (χ4v) is 1.76. The zero-order chi connectivity index (χ0) is 14.9. The van der Waals surface area contributed by atoms with Crippen molar-refractivity contribution in [2.24, 2.45) is 4.99 Å². The molecule has 19 heavy (non-hydrogen) atoms. The maximum Gasteiger partial charge on any atom is 0.124 e. The molecule has 1 heterocycles. The minimum absolute atomic E-state index is 0.0222. The van der Waals surface area contributed by atoms with Crippen LogP contribution >= 0.6 is 0 Å². The van der Waals surface area contributed by atoms with Crippen LogP contribution in [0, 0.1) is 0 Å². The molecule has 0 aliphatic carbocycles. The Morgan fingerprint density at radius 1 is 1.32 bits per heavy atom. The van der Waals surface area contributed by atoms with Gasteiger partial charge in [0, 0.05) is 19.3 Å². The van der Waals surface area contributed by atoms with Crippen molar-refractivity contribution in [1.29, 1.82) is 0 Å². The van der Waals surface area contributed by atoms with Crippen LogP contribution in [-0.4, -0.2) is 36.4 Å². The predicted molar refractivity (Wildman–Crippen MR) is 84.6 cm³/mol. The summed E-state index contributed by atoms with van der Waals surface area (Å²) >= 11 is 0. The van der Waals surface area contributed by atoms with Gasteiger partial charge in [-0.15, -0.1) is 0 Å². The van der Waals surface area contributed by atoms with Gasteiger partial charge in [0.1, 0.15) is 5.82 Å². The van der Waals surface area contributed by atoms with E-state index < -0.39 is 0 Å². The average molecular weight is 266 g/mol. The fourth-order valence-electron chi connectivity index (χ4n) is 1.76. The molecule has 0 amide bonds. The van der Waals surface area contributed by atoms with Crippen molar-refractivity contribution in [3.05, 3.63) is 24.0 Å². The first-order valence-corrected chi connectivity index (χ1v) is 7.19. The first kappa shape index (κ1) is 17.9. The van der Waals surface area contributed by atoms with E-state index >= 15 is 0 Å². The van der Waals surface area contributed by atoms with E-state index in [2.05, 4.69) is 30.3 Å². The predicted octanol–water partition coefficient (Wildman–Crippen LogP) is 4.02. The molecular weight excluding hydrogens is 236 g/mol. The lowest BCUT2D eigenvalue weighted by atomic mass is 10.1. The molecule has 0 saturated carbocycles. The Bertz CT molecular complexity index is 330. The summed E-state index contributed by atoms with van der Waals surface area (Å²) in [4.78, 5) is 6.73. The van der Waals surface area contributed by atoms with Crippen LogP contribution in [0.4, 0.5) is 0 Å². The van der Waals surface area contributed by atoms with Crippen LogP contribution in [0.3, 0.4) is 0 Å². The molecule has 110 valence electrons. The zero-order valence-corrected chi connectivity index (χ0v) is 13.5. The van der Waals surface area contributed by atoms with Crippen molar-refractivity contribution < 1.29 is 4.74 Å². The largest absolute Gasteiger partial charge is 0.374 e. The van der Waals surface area contributed by atoms with Gasteiger partial charge in [-0.05, 0) is 45.8 Å². The minimum atomic E-state index is -0.0222. The highest BCUT2D eigenvalue weighted by Gasteiger charge is 2.24.